The molecule has 1 atom stereocenters. The lowest BCUT2D eigenvalue weighted by molar-refractivity contribution is -0.126. The fraction of sp³-hybridized carbons (Fsp3) is 0.474. The maximum Gasteiger partial charge on any atom is 0.237 e. The summed E-state index contributed by atoms with van der Waals surface area (Å²) < 4.78 is 1.85. The highest BCUT2D eigenvalue weighted by Gasteiger charge is 2.24. The second kappa shape index (κ2) is 7.58. The van der Waals surface area contributed by atoms with E-state index >= 15 is 0 Å². The molecule has 1 amide bonds. The van der Waals surface area contributed by atoms with Gasteiger partial charge in [-0.15, -0.1) is 0 Å². The molecule has 1 aliphatic rings. The molecule has 0 radical (unpaired) electrons. The average Bonchev–Trinajstić information content (AvgIpc) is 2.87. The maximum atomic E-state index is 12.5. The summed E-state index contributed by atoms with van der Waals surface area (Å²) in [6.07, 6.45) is 0.998. The minimum atomic E-state index is -0.141. The third-order valence-electron chi connectivity index (χ3n) is 5.00. The van der Waals surface area contributed by atoms with Crippen LogP contribution in [0.1, 0.15) is 29.4 Å². The van der Waals surface area contributed by atoms with Crippen molar-refractivity contribution in [3.8, 4) is 0 Å². The Kier molecular flexibility index (Phi) is 5.45. The van der Waals surface area contributed by atoms with E-state index in [9.17, 15) is 4.79 Å². The molecule has 3 rings (SSSR count). The van der Waals surface area contributed by atoms with Gasteiger partial charge < -0.3 is 5.32 Å². The van der Waals surface area contributed by atoms with Crippen molar-refractivity contribution in [2.24, 2.45) is 0 Å². The van der Waals surface area contributed by atoms with Gasteiger partial charge in [0.15, 0.2) is 0 Å². The Labute approximate surface area is 154 Å². The summed E-state index contributed by atoms with van der Waals surface area (Å²) in [5, 5.41) is 8.11. The Morgan fingerprint density at radius 2 is 2.04 bits per heavy atom. The minimum absolute atomic E-state index is 0.0620. The third kappa shape index (κ3) is 3.88. The second-order valence-electron chi connectivity index (χ2n) is 6.66. The maximum absolute atomic E-state index is 12.5. The number of aromatic nitrogens is 2. The molecule has 0 saturated carbocycles. The van der Waals surface area contributed by atoms with Gasteiger partial charge in [0.25, 0.3) is 0 Å². The predicted molar refractivity (Wildman–Crippen MR) is 99.7 cm³/mol. The molecule has 0 saturated heterocycles. The fourth-order valence-electron chi connectivity index (χ4n) is 3.34. The molecule has 0 bridgehead atoms. The zero-order valence-corrected chi connectivity index (χ0v) is 15.8. The number of fused-ring (bicyclic) bond motifs is 1. The van der Waals surface area contributed by atoms with Gasteiger partial charge in [-0.2, -0.15) is 5.10 Å². The summed E-state index contributed by atoms with van der Waals surface area (Å²) in [7, 11) is 0. The van der Waals surface area contributed by atoms with E-state index in [-0.39, 0.29) is 11.9 Å². The lowest BCUT2D eigenvalue weighted by Gasteiger charge is -2.32. The van der Waals surface area contributed by atoms with Gasteiger partial charge in [-0.25, -0.2) is 0 Å². The van der Waals surface area contributed by atoms with E-state index in [0.29, 0.717) is 18.1 Å². The number of aryl methyl sites for hydroxylation is 1. The van der Waals surface area contributed by atoms with Gasteiger partial charge in [0.1, 0.15) is 0 Å². The second-order valence-corrected chi connectivity index (χ2v) is 7.04. The molecular formula is C19H25ClN4O. The summed E-state index contributed by atoms with van der Waals surface area (Å²) in [5.74, 6) is 0.0620. The van der Waals surface area contributed by atoms with E-state index in [2.05, 4.69) is 39.6 Å². The van der Waals surface area contributed by atoms with Crippen molar-refractivity contribution < 1.29 is 4.79 Å². The van der Waals surface area contributed by atoms with E-state index in [0.717, 1.165) is 30.9 Å². The number of halogens is 1. The molecule has 134 valence electrons. The largest absolute Gasteiger partial charge is 0.353 e. The van der Waals surface area contributed by atoms with E-state index in [1.165, 1.54) is 11.1 Å². The molecule has 0 unspecified atom stereocenters. The summed E-state index contributed by atoms with van der Waals surface area (Å²) in [6, 6.07) is 8.33. The van der Waals surface area contributed by atoms with Crippen LogP contribution in [0.4, 0.5) is 0 Å². The van der Waals surface area contributed by atoms with Crippen molar-refractivity contribution >= 4 is 17.5 Å². The number of nitrogens with one attached hydrogen (secondary N) is 1. The standard InChI is InChI=1S/C19H25ClN4O/c1-13-18(20)14(2)24(22-13)11-9-21-19(25)15(3)23-10-8-16-6-4-5-7-17(16)12-23/h4-7,15H,8-12H2,1-3H3,(H,21,25)/t15-/m0/s1. The minimum Gasteiger partial charge on any atom is -0.353 e. The molecule has 0 aliphatic carbocycles. The van der Waals surface area contributed by atoms with Crippen LogP contribution in [0, 0.1) is 13.8 Å². The number of nitrogens with zero attached hydrogens (tertiary/aromatic N) is 3. The van der Waals surface area contributed by atoms with E-state index in [1.807, 2.05) is 25.5 Å². The summed E-state index contributed by atoms with van der Waals surface area (Å²) in [5.41, 5.74) is 4.48. The van der Waals surface area contributed by atoms with Crippen molar-refractivity contribution in [2.75, 3.05) is 13.1 Å². The van der Waals surface area contributed by atoms with E-state index in [1.54, 1.807) is 0 Å². The first-order chi connectivity index (χ1) is 12.0. The Morgan fingerprint density at radius 3 is 2.72 bits per heavy atom. The number of rotatable bonds is 5. The Balaban J connectivity index is 1.52. The molecule has 1 aromatic carbocycles. The number of hydrogen-bond acceptors (Lipinski definition) is 3. The van der Waals surface area contributed by atoms with Gasteiger partial charge in [0.05, 0.1) is 29.0 Å². The van der Waals surface area contributed by atoms with Gasteiger partial charge in [0, 0.05) is 19.6 Å². The van der Waals surface area contributed by atoms with E-state index < -0.39 is 0 Å². The lowest BCUT2D eigenvalue weighted by Crippen LogP contribution is -2.47. The van der Waals surface area contributed by atoms with Crippen LogP contribution in [0.5, 0.6) is 0 Å². The highest BCUT2D eigenvalue weighted by molar-refractivity contribution is 6.31. The Hall–Kier alpha value is -1.85. The molecule has 0 fully saturated rings. The lowest BCUT2D eigenvalue weighted by atomic mass is 9.99. The normalized spacial score (nSPS) is 15.7. The zero-order chi connectivity index (χ0) is 18.0. The number of hydrogen-bond donors (Lipinski definition) is 1. The number of benzene rings is 1. The van der Waals surface area contributed by atoms with Gasteiger partial charge in [-0.1, -0.05) is 35.9 Å². The fourth-order valence-corrected chi connectivity index (χ4v) is 3.47. The molecule has 2 heterocycles. The van der Waals surface area contributed by atoms with Crippen LogP contribution >= 0.6 is 11.6 Å². The van der Waals surface area contributed by atoms with Crippen LogP contribution in [0.15, 0.2) is 24.3 Å². The van der Waals surface area contributed by atoms with Gasteiger partial charge in [-0.3, -0.25) is 14.4 Å². The Morgan fingerprint density at radius 1 is 1.32 bits per heavy atom. The first-order valence-corrected chi connectivity index (χ1v) is 9.13. The highest BCUT2D eigenvalue weighted by atomic mass is 35.5. The predicted octanol–water partition coefficient (Wildman–Crippen LogP) is 2.72. The first kappa shape index (κ1) is 18.0. The number of amides is 1. The molecule has 0 spiro atoms. The highest BCUT2D eigenvalue weighted by Crippen LogP contribution is 2.20. The monoisotopic (exact) mass is 360 g/mol. The smallest absolute Gasteiger partial charge is 0.237 e. The van der Waals surface area contributed by atoms with Gasteiger partial charge in [0.2, 0.25) is 5.91 Å². The summed E-state index contributed by atoms with van der Waals surface area (Å²) in [4.78, 5) is 14.7. The zero-order valence-electron chi connectivity index (χ0n) is 15.1. The third-order valence-corrected chi connectivity index (χ3v) is 5.55. The van der Waals surface area contributed by atoms with Crippen LogP contribution in [0.2, 0.25) is 5.02 Å². The molecule has 5 nitrogen and oxygen atoms in total. The SMILES string of the molecule is Cc1nn(CCNC(=O)[C@H](C)N2CCc3ccccc3C2)c(C)c1Cl. The molecular weight excluding hydrogens is 336 g/mol. The van der Waals surface area contributed by atoms with Crippen molar-refractivity contribution in [1.82, 2.24) is 20.0 Å². The first-order valence-electron chi connectivity index (χ1n) is 8.75. The average molecular weight is 361 g/mol. The molecule has 1 aromatic heterocycles. The van der Waals surface area contributed by atoms with Crippen molar-refractivity contribution in [3.63, 3.8) is 0 Å². The quantitative estimate of drug-likeness (QED) is 0.891. The number of carbonyl (C=O) groups excluding carboxylic acids is 1. The Bertz CT molecular complexity index is 771. The van der Waals surface area contributed by atoms with Crippen LogP contribution in [0.3, 0.4) is 0 Å². The molecule has 25 heavy (non-hydrogen) atoms. The van der Waals surface area contributed by atoms with Gasteiger partial charge in [-0.05, 0) is 38.3 Å². The molecule has 2 aromatic rings. The van der Waals surface area contributed by atoms with Crippen molar-refractivity contribution in [3.05, 3.63) is 51.8 Å². The van der Waals surface area contributed by atoms with E-state index in [4.69, 9.17) is 11.6 Å². The summed E-state index contributed by atoms with van der Waals surface area (Å²) in [6.45, 7) is 8.73. The molecule has 1 aliphatic heterocycles. The van der Waals surface area contributed by atoms with Gasteiger partial charge >= 0.3 is 0 Å². The van der Waals surface area contributed by atoms with Crippen LogP contribution in [0.25, 0.3) is 0 Å². The van der Waals surface area contributed by atoms with Crippen LogP contribution in [-0.4, -0.2) is 39.7 Å². The topological polar surface area (TPSA) is 50.2 Å². The molecule has 1 N–H and O–H groups in total. The van der Waals surface area contributed by atoms with Crippen LogP contribution < -0.4 is 5.32 Å². The number of carbonyl (C=O) groups is 1. The summed E-state index contributed by atoms with van der Waals surface area (Å²) >= 11 is 6.16. The molecule has 6 heteroatoms. The van der Waals surface area contributed by atoms with Crippen molar-refractivity contribution in [1.29, 1.82) is 0 Å². The van der Waals surface area contributed by atoms with Crippen molar-refractivity contribution in [2.45, 2.75) is 46.3 Å². The van der Waals surface area contributed by atoms with Crippen LogP contribution in [-0.2, 0) is 24.3 Å².